The van der Waals surface area contributed by atoms with Crippen LogP contribution in [0.5, 0.6) is 0 Å². The van der Waals surface area contributed by atoms with Crippen LogP contribution in [0.2, 0.25) is 0 Å². The van der Waals surface area contributed by atoms with E-state index < -0.39 is 0 Å². The zero-order valence-corrected chi connectivity index (χ0v) is 7.20. The Morgan fingerprint density at radius 2 is 1.89 bits per heavy atom. The summed E-state index contributed by atoms with van der Waals surface area (Å²) in [6, 6.07) is 0. The minimum Gasteiger partial charge on any atom is -0.343 e. The highest BCUT2D eigenvalue weighted by atomic mass is 14.3. The van der Waals surface area contributed by atoms with Gasteiger partial charge in [-0.3, -0.25) is 0 Å². The lowest BCUT2D eigenvalue weighted by Crippen LogP contribution is -2.19. The van der Waals surface area contributed by atoms with Gasteiger partial charge in [-0.15, -0.1) is 0 Å². The Morgan fingerprint density at radius 3 is 2.00 bits per heavy atom. The van der Waals surface area contributed by atoms with Crippen LogP contribution in [0.1, 0.15) is 40.5 Å². The molecule has 0 aliphatic carbocycles. The van der Waals surface area contributed by atoms with Crippen molar-refractivity contribution >= 4 is 0 Å². The van der Waals surface area contributed by atoms with Crippen LogP contribution in [-0.2, 0) is 0 Å². The standard InChI is InChI=1S/C9H19/c1-6-8(3)9(4,5)7-2/h8H,2,6-7H2,1,3-5H3/q-1. The Bertz CT molecular complexity index is 72.1. The van der Waals surface area contributed by atoms with Gasteiger partial charge in [0.15, 0.2) is 0 Å². The molecule has 56 valence electrons. The second-order valence-corrected chi connectivity index (χ2v) is 3.55. The van der Waals surface area contributed by atoms with Crippen molar-refractivity contribution in [1.29, 1.82) is 0 Å². The third kappa shape index (κ3) is 2.38. The lowest BCUT2D eigenvalue weighted by atomic mass is 9.77. The van der Waals surface area contributed by atoms with Crippen LogP contribution < -0.4 is 0 Å². The Balaban J connectivity index is 3.80. The van der Waals surface area contributed by atoms with Crippen molar-refractivity contribution in [2.75, 3.05) is 0 Å². The average Bonchev–Trinajstić information content (AvgIpc) is 1.86. The summed E-state index contributed by atoms with van der Waals surface area (Å²) in [6.07, 6.45) is 2.31. The van der Waals surface area contributed by atoms with Crippen molar-refractivity contribution in [3.63, 3.8) is 0 Å². The first kappa shape index (κ1) is 9.00. The fourth-order valence-electron chi connectivity index (χ4n) is 0.799. The molecule has 0 heterocycles. The van der Waals surface area contributed by atoms with Crippen molar-refractivity contribution in [2.24, 2.45) is 11.3 Å². The second kappa shape index (κ2) is 3.24. The van der Waals surface area contributed by atoms with Gasteiger partial charge in [-0.05, 0) is 5.92 Å². The first-order chi connectivity index (χ1) is 4.04. The summed E-state index contributed by atoms with van der Waals surface area (Å²) in [7, 11) is 0. The molecule has 0 aromatic carbocycles. The summed E-state index contributed by atoms with van der Waals surface area (Å²) in [5, 5.41) is 0. The number of hydrogen-bond acceptors (Lipinski definition) is 0. The average molecular weight is 127 g/mol. The molecule has 0 aromatic heterocycles. The van der Waals surface area contributed by atoms with E-state index in [1.165, 1.54) is 6.42 Å². The molecule has 0 heteroatoms. The minimum absolute atomic E-state index is 0.439. The summed E-state index contributed by atoms with van der Waals surface area (Å²) < 4.78 is 0. The fourth-order valence-corrected chi connectivity index (χ4v) is 0.799. The highest BCUT2D eigenvalue weighted by molar-refractivity contribution is 4.74. The van der Waals surface area contributed by atoms with Gasteiger partial charge in [0.25, 0.3) is 0 Å². The molecule has 0 aliphatic heterocycles. The van der Waals surface area contributed by atoms with E-state index in [1.807, 2.05) is 0 Å². The third-order valence-electron chi connectivity index (χ3n) is 2.59. The van der Waals surface area contributed by atoms with Crippen LogP contribution in [0.25, 0.3) is 0 Å². The van der Waals surface area contributed by atoms with Crippen molar-refractivity contribution in [2.45, 2.75) is 40.5 Å². The summed E-state index contributed by atoms with van der Waals surface area (Å²) in [5.74, 6) is 0.801. The zero-order valence-electron chi connectivity index (χ0n) is 7.20. The molecule has 0 aliphatic rings. The van der Waals surface area contributed by atoms with E-state index >= 15 is 0 Å². The van der Waals surface area contributed by atoms with E-state index in [2.05, 4.69) is 34.6 Å². The molecule has 0 spiro atoms. The molecule has 0 bridgehead atoms. The van der Waals surface area contributed by atoms with E-state index in [4.69, 9.17) is 0 Å². The summed E-state index contributed by atoms with van der Waals surface area (Å²) in [6.45, 7) is 13.0. The molecule has 9 heavy (non-hydrogen) atoms. The molecule has 0 aromatic rings. The van der Waals surface area contributed by atoms with Crippen LogP contribution in [-0.4, -0.2) is 0 Å². The third-order valence-corrected chi connectivity index (χ3v) is 2.59. The minimum atomic E-state index is 0.439. The van der Waals surface area contributed by atoms with E-state index in [0.717, 1.165) is 12.3 Å². The zero-order chi connectivity index (χ0) is 7.49. The molecular formula is C9H19-. The SMILES string of the molecule is [CH2-]CC(C)(C)C(C)CC. The topological polar surface area (TPSA) is 0 Å². The molecule has 0 fully saturated rings. The highest BCUT2D eigenvalue weighted by Gasteiger charge is 2.18. The molecule has 0 nitrogen and oxygen atoms in total. The van der Waals surface area contributed by atoms with Gasteiger partial charge >= 0.3 is 0 Å². The van der Waals surface area contributed by atoms with E-state index in [-0.39, 0.29) is 0 Å². The van der Waals surface area contributed by atoms with Gasteiger partial charge < -0.3 is 6.92 Å². The van der Waals surface area contributed by atoms with Crippen molar-refractivity contribution < 1.29 is 0 Å². The molecule has 0 N–H and O–H groups in total. The van der Waals surface area contributed by atoms with Gasteiger partial charge in [0, 0.05) is 0 Å². The number of rotatable bonds is 3. The predicted octanol–water partition coefficient (Wildman–Crippen LogP) is 3.28. The van der Waals surface area contributed by atoms with Crippen molar-refractivity contribution in [1.82, 2.24) is 0 Å². The normalized spacial score (nSPS) is 15.7. The van der Waals surface area contributed by atoms with Gasteiger partial charge in [0.05, 0.1) is 0 Å². The second-order valence-electron chi connectivity index (χ2n) is 3.55. The molecule has 1 atom stereocenters. The molecular weight excluding hydrogens is 108 g/mol. The van der Waals surface area contributed by atoms with Crippen LogP contribution in [0.4, 0.5) is 0 Å². The summed E-state index contributed by atoms with van der Waals surface area (Å²) in [4.78, 5) is 0. The van der Waals surface area contributed by atoms with Crippen molar-refractivity contribution in [3.05, 3.63) is 6.92 Å². The van der Waals surface area contributed by atoms with Gasteiger partial charge in [0.2, 0.25) is 0 Å². The first-order valence-electron chi connectivity index (χ1n) is 3.83. The maximum absolute atomic E-state index is 3.93. The van der Waals surface area contributed by atoms with Gasteiger partial charge in [-0.2, -0.15) is 6.42 Å². The smallest absolute Gasteiger partial charge is 0.0418 e. The Hall–Kier alpha value is 0. The highest BCUT2D eigenvalue weighted by Crippen LogP contribution is 2.31. The van der Waals surface area contributed by atoms with Gasteiger partial charge in [0.1, 0.15) is 0 Å². The first-order valence-corrected chi connectivity index (χ1v) is 3.83. The van der Waals surface area contributed by atoms with E-state index in [9.17, 15) is 0 Å². The predicted molar refractivity (Wildman–Crippen MR) is 43.2 cm³/mol. The molecule has 0 amide bonds. The largest absolute Gasteiger partial charge is 0.343 e. The monoisotopic (exact) mass is 127 g/mol. The molecule has 0 saturated heterocycles. The van der Waals surface area contributed by atoms with Crippen molar-refractivity contribution in [3.8, 4) is 0 Å². The van der Waals surface area contributed by atoms with Gasteiger partial charge in [-0.25, -0.2) is 0 Å². The van der Waals surface area contributed by atoms with E-state index in [1.54, 1.807) is 0 Å². The summed E-state index contributed by atoms with van der Waals surface area (Å²) >= 11 is 0. The van der Waals surface area contributed by atoms with Crippen LogP contribution in [0.3, 0.4) is 0 Å². The van der Waals surface area contributed by atoms with Crippen LogP contribution >= 0.6 is 0 Å². The molecule has 0 radical (unpaired) electrons. The Morgan fingerprint density at radius 1 is 1.44 bits per heavy atom. The van der Waals surface area contributed by atoms with Gasteiger partial charge in [-0.1, -0.05) is 39.5 Å². The quantitative estimate of drug-likeness (QED) is 0.510. The lowest BCUT2D eigenvalue weighted by molar-refractivity contribution is 0.226. The van der Waals surface area contributed by atoms with E-state index in [0.29, 0.717) is 5.41 Å². The Labute approximate surface area is 59.7 Å². The Kier molecular flexibility index (Phi) is 3.24. The maximum Gasteiger partial charge on any atom is -0.0418 e. The molecule has 0 rings (SSSR count). The number of hydrogen-bond donors (Lipinski definition) is 0. The molecule has 1 unspecified atom stereocenters. The fraction of sp³-hybridized carbons (Fsp3) is 0.889. The maximum atomic E-state index is 3.93. The lowest BCUT2D eigenvalue weighted by Gasteiger charge is -2.32. The summed E-state index contributed by atoms with van der Waals surface area (Å²) in [5.41, 5.74) is 0.439. The van der Waals surface area contributed by atoms with Crippen LogP contribution in [0.15, 0.2) is 0 Å². The van der Waals surface area contributed by atoms with Crippen LogP contribution in [0, 0.1) is 18.3 Å². The molecule has 0 saturated carbocycles.